The summed E-state index contributed by atoms with van der Waals surface area (Å²) in [6, 6.07) is 4.52. The second-order valence-electron chi connectivity index (χ2n) is 4.43. The lowest BCUT2D eigenvalue weighted by Crippen LogP contribution is -2.07. The van der Waals surface area contributed by atoms with Crippen LogP contribution in [0.5, 0.6) is 0 Å². The van der Waals surface area contributed by atoms with Gasteiger partial charge in [-0.15, -0.1) is 0 Å². The summed E-state index contributed by atoms with van der Waals surface area (Å²) < 4.78 is 6.96. The highest BCUT2D eigenvalue weighted by Crippen LogP contribution is 2.17. The molecule has 2 aromatic heterocycles. The van der Waals surface area contributed by atoms with Crippen molar-refractivity contribution in [3.05, 3.63) is 47.2 Å². The Morgan fingerprint density at radius 1 is 1.20 bits per heavy atom. The molecule has 20 heavy (non-hydrogen) atoms. The van der Waals surface area contributed by atoms with Gasteiger partial charge in [-0.3, -0.25) is 0 Å². The Hall–Kier alpha value is -2.50. The van der Waals surface area contributed by atoms with Crippen LogP contribution < -0.4 is 0 Å². The van der Waals surface area contributed by atoms with Crippen LogP contribution in [0.25, 0.3) is 0 Å². The topological polar surface area (TPSA) is 92.7 Å². The predicted molar refractivity (Wildman–Crippen MR) is 70.2 cm³/mol. The molecule has 0 aliphatic heterocycles. The number of hydrogen-bond donors (Lipinski definition) is 2. The minimum Gasteiger partial charge on any atom is -0.478 e. The van der Waals surface area contributed by atoms with Crippen molar-refractivity contribution in [2.24, 2.45) is 0 Å². The van der Waals surface area contributed by atoms with Crippen LogP contribution in [0.4, 0.5) is 0 Å². The van der Waals surface area contributed by atoms with E-state index in [1.54, 1.807) is 22.9 Å². The second kappa shape index (κ2) is 5.64. The summed E-state index contributed by atoms with van der Waals surface area (Å²) in [5.41, 5.74) is 0.991. The molecule has 0 bridgehead atoms. The molecule has 2 aromatic rings. The van der Waals surface area contributed by atoms with E-state index >= 15 is 0 Å². The van der Waals surface area contributed by atoms with Gasteiger partial charge in [0.05, 0.1) is 12.1 Å². The summed E-state index contributed by atoms with van der Waals surface area (Å²) in [6.45, 7) is 2.29. The zero-order chi connectivity index (χ0) is 14.7. The van der Waals surface area contributed by atoms with Gasteiger partial charge < -0.3 is 19.2 Å². The van der Waals surface area contributed by atoms with E-state index in [2.05, 4.69) is 0 Å². The number of furan rings is 1. The number of aromatic nitrogens is 1. The summed E-state index contributed by atoms with van der Waals surface area (Å²) in [5.74, 6) is -1.73. The summed E-state index contributed by atoms with van der Waals surface area (Å²) >= 11 is 0. The highest BCUT2D eigenvalue weighted by molar-refractivity contribution is 5.89. The van der Waals surface area contributed by atoms with Crippen molar-refractivity contribution in [2.45, 2.75) is 26.3 Å². The van der Waals surface area contributed by atoms with Crippen LogP contribution in [0.3, 0.4) is 0 Å². The van der Waals surface area contributed by atoms with Gasteiger partial charge in [0.25, 0.3) is 0 Å². The molecule has 0 unspecified atom stereocenters. The minimum atomic E-state index is -1.12. The van der Waals surface area contributed by atoms with E-state index in [9.17, 15) is 9.59 Å². The van der Waals surface area contributed by atoms with Gasteiger partial charge in [0.2, 0.25) is 5.76 Å². The first-order valence-electron chi connectivity index (χ1n) is 6.26. The van der Waals surface area contributed by atoms with E-state index in [-0.39, 0.29) is 11.3 Å². The maximum Gasteiger partial charge on any atom is 0.371 e. The molecule has 106 valence electrons. The third-order valence-corrected chi connectivity index (χ3v) is 2.99. The number of aromatic carboxylic acids is 2. The van der Waals surface area contributed by atoms with Crippen LogP contribution >= 0.6 is 0 Å². The van der Waals surface area contributed by atoms with Crippen molar-refractivity contribution in [1.29, 1.82) is 0 Å². The maximum atomic E-state index is 11.1. The van der Waals surface area contributed by atoms with Crippen molar-refractivity contribution in [1.82, 2.24) is 4.57 Å². The Bertz CT molecular complexity index is 638. The summed E-state index contributed by atoms with van der Waals surface area (Å²) in [6.07, 6.45) is 3.14. The zero-order valence-corrected chi connectivity index (χ0v) is 11.0. The monoisotopic (exact) mass is 277 g/mol. The van der Waals surface area contributed by atoms with Gasteiger partial charge in [-0.2, -0.15) is 0 Å². The third-order valence-electron chi connectivity index (χ3n) is 2.99. The molecule has 0 fully saturated rings. The lowest BCUT2D eigenvalue weighted by Gasteiger charge is -2.08. The molecule has 0 saturated heterocycles. The fourth-order valence-corrected chi connectivity index (χ4v) is 2.11. The Kier molecular flexibility index (Phi) is 3.93. The highest BCUT2D eigenvalue weighted by Gasteiger charge is 2.16. The largest absolute Gasteiger partial charge is 0.478 e. The van der Waals surface area contributed by atoms with Crippen LogP contribution in [-0.2, 0) is 13.0 Å². The van der Waals surface area contributed by atoms with Crippen molar-refractivity contribution in [2.75, 3.05) is 0 Å². The van der Waals surface area contributed by atoms with Crippen LogP contribution in [0.15, 0.2) is 28.8 Å². The minimum absolute atomic E-state index is 0.123. The van der Waals surface area contributed by atoms with E-state index in [0.717, 1.165) is 6.42 Å². The van der Waals surface area contributed by atoms with Gasteiger partial charge >= 0.3 is 11.9 Å². The average molecular weight is 277 g/mol. The van der Waals surface area contributed by atoms with E-state index in [4.69, 9.17) is 14.6 Å². The molecule has 2 heterocycles. The van der Waals surface area contributed by atoms with Crippen LogP contribution in [0.2, 0.25) is 0 Å². The smallest absolute Gasteiger partial charge is 0.371 e. The average Bonchev–Trinajstić information content (AvgIpc) is 2.98. The number of nitrogens with zero attached hydrogens (tertiary/aromatic N) is 1. The number of carbonyl (C=O) groups is 2. The molecule has 0 radical (unpaired) electrons. The normalized spacial score (nSPS) is 10.7. The fraction of sp³-hybridized carbons (Fsp3) is 0.286. The summed E-state index contributed by atoms with van der Waals surface area (Å²) in [7, 11) is 0. The molecule has 0 saturated carbocycles. The zero-order valence-electron chi connectivity index (χ0n) is 11.0. The van der Waals surface area contributed by atoms with Crippen molar-refractivity contribution in [3.63, 3.8) is 0 Å². The third kappa shape index (κ3) is 2.74. The summed E-state index contributed by atoms with van der Waals surface area (Å²) in [4.78, 5) is 21.9. The first kappa shape index (κ1) is 13.9. The van der Waals surface area contributed by atoms with Crippen molar-refractivity contribution >= 4 is 11.9 Å². The van der Waals surface area contributed by atoms with Gasteiger partial charge in [0.15, 0.2) is 0 Å². The Labute approximate surface area is 115 Å². The van der Waals surface area contributed by atoms with Crippen LogP contribution in [0.1, 0.15) is 45.7 Å². The lowest BCUT2D eigenvalue weighted by molar-refractivity contribution is 0.0658. The molecule has 2 rings (SSSR count). The molecule has 6 nitrogen and oxygen atoms in total. The molecule has 0 aliphatic rings. The maximum absolute atomic E-state index is 11.1. The predicted octanol–water partition coefficient (Wildman–Crippen LogP) is 2.48. The number of carboxylic acid groups (broad SMARTS) is 2. The Morgan fingerprint density at radius 2 is 1.95 bits per heavy atom. The van der Waals surface area contributed by atoms with E-state index in [1.807, 2.05) is 6.92 Å². The van der Waals surface area contributed by atoms with E-state index < -0.39 is 11.9 Å². The molecule has 2 N–H and O–H groups in total. The fourth-order valence-electron chi connectivity index (χ4n) is 2.11. The Morgan fingerprint density at radius 3 is 2.50 bits per heavy atom. The van der Waals surface area contributed by atoms with Crippen LogP contribution in [-0.4, -0.2) is 26.7 Å². The number of carboxylic acids is 2. The standard InChI is InChI=1S/C14H15NO5/c1-2-3-11-10(13(16)17)6-7-15(11)8-9-4-5-12(20-9)14(18)19/h4-7H,2-3,8H2,1H3,(H,16,17)(H,18,19). The lowest BCUT2D eigenvalue weighted by atomic mass is 10.1. The first-order chi connectivity index (χ1) is 9.52. The van der Waals surface area contributed by atoms with E-state index in [1.165, 1.54) is 6.07 Å². The quantitative estimate of drug-likeness (QED) is 0.846. The molecule has 0 aliphatic carbocycles. The van der Waals surface area contributed by atoms with Gasteiger partial charge in [0, 0.05) is 11.9 Å². The van der Waals surface area contributed by atoms with Gasteiger partial charge in [-0.25, -0.2) is 9.59 Å². The molecular formula is C14H15NO5. The number of hydrogen-bond acceptors (Lipinski definition) is 3. The van der Waals surface area contributed by atoms with Crippen molar-refractivity contribution < 1.29 is 24.2 Å². The number of rotatable bonds is 6. The second-order valence-corrected chi connectivity index (χ2v) is 4.43. The molecule has 0 spiro atoms. The van der Waals surface area contributed by atoms with Gasteiger partial charge in [0.1, 0.15) is 5.76 Å². The molecule has 6 heteroatoms. The molecular weight excluding hydrogens is 262 g/mol. The van der Waals surface area contributed by atoms with Gasteiger partial charge in [-0.05, 0) is 24.6 Å². The highest BCUT2D eigenvalue weighted by atomic mass is 16.4. The van der Waals surface area contributed by atoms with Gasteiger partial charge in [-0.1, -0.05) is 13.3 Å². The van der Waals surface area contributed by atoms with E-state index in [0.29, 0.717) is 24.4 Å². The summed E-state index contributed by atoms with van der Waals surface area (Å²) in [5, 5.41) is 17.9. The SMILES string of the molecule is CCCc1c(C(=O)O)ccn1Cc1ccc(C(=O)O)o1. The van der Waals surface area contributed by atoms with Crippen molar-refractivity contribution in [3.8, 4) is 0 Å². The van der Waals surface area contributed by atoms with Crippen LogP contribution in [0, 0.1) is 0 Å². The molecule has 0 atom stereocenters. The Balaban J connectivity index is 2.28. The molecule has 0 amide bonds. The molecule has 0 aromatic carbocycles. The first-order valence-corrected chi connectivity index (χ1v) is 6.26.